The number of amides is 1. The van der Waals surface area contributed by atoms with E-state index in [4.69, 9.17) is 5.73 Å². The maximum Gasteiger partial charge on any atom is 0.270 e. The summed E-state index contributed by atoms with van der Waals surface area (Å²) in [6.07, 6.45) is 0. The summed E-state index contributed by atoms with van der Waals surface area (Å²) in [6.45, 7) is 2.37. The fraction of sp³-hybridized carbons (Fsp3) is 0.133. The van der Waals surface area contributed by atoms with Crippen molar-refractivity contribution in [3.8, 4) is 0 Å². The minimum atomic E-state index is -0.236. The first-order chi connectivity index (χ1) is 10.1. The Hall–Kier alpha value is -2.47. The molecule has 0 fully saturated rings. The van der Waals surface area contributed by atoms with Gasteiger partial charge in [0.1, 0.15) is 5.69 Å². The molecule has 0 bridgehead atoms. The van der Waals surface area contributed by atoms with Gasteiger partial charge in [-0.2, -0.15) is 0 Å². The number of rotatable bonds is 3. The molecule has 0 saturated carbocycles. The molecule has 0 aliphatic heterocycles. The van der Waals surface area contributed by atoms with Crippen LogP contribution in [0.15, 0.2) is 35.8 Å². The van der Waals surface area contributed by atoms with Gasteiger partial charge in [-0.1, -0.05) is 18.2 Å². The first-order valence-electron chi connectivity index (χ1n) is 6.47. The smallest absolute Gasteiger partial charge is 0.270 e. The van der Waals surface area contributed by atoms with Crippen molar-refractivity contribution in [3.05, 3.63) is 52.1 Å². The van der Waals surface area contributed by atoms with Gasteiger partial charge >= 0.3 is 0 Å². The molecule has 0 aliphatic rings. The zero-order valence-electron chi connectivity index (χ0n) is 11.5. The third-order valence-corrected chi connectivity index (χ3v) is 4.17. The number of carbonyl (C=O) groups excluding carboxylic acids is 1. The Bertz CT molecular complexity index is 812. The summed E-state index contributed by atoms with van der Waals surface area (Å²) < 4.78 is 0. The van der Waals surface area contributed by atoms with Gasteiger partial charge in [-0.15, -0.1) is 11.3 Å². The first-order valence-corrected chi connectivity index (χ1v) is 7.35. The quantitative estimate of drug-likeness (QED) is 0.778. The van der Waals surface area contributed by atoms with Crippen LogP contribution in [0.5, 0.6) is 0 Å². The van der Waals surface area contributed by atoms with E-state index in [0.29, 0.717) is 17.9 Å². The molecule has 5 nitrogen and oxygen atoms in total. The Labute approximate surface area is 125 Å². The van der Waals surface area contributed by atoms with E-state index in [-0.39, 0.29) is 5.91 Å². The van der Waals surface area contributed by atoms with E-state index < -0.39 is 0 Å². The largest absolute Gasteiger partial charge is 0.398 e. The van der Waals surface area contributed by atoms with Crippen molar-refractivity contribution >= 4 is 33.8 Å². The predicted molar refractivity (Wildman–Crippen MR) is 84.2 cm³/mol. The molecule has 0 aliphatic carbocycles. The molecule has 0 radical (unpaired) electrons. The molecule has 3 N–H and O–H groups in total. The lowest BCUT2D eigenvalue weighted by molar-refractivity contribution is 0.0946. The standard InChI is InChI=1S/C15H14N4OS/c1-9-14(21-8-18-9)7-17-15(20)13-6-11(16)10-4-2-3-5-12(10)19-13/h2-6,8H,7H2,1H3,(H2,16,19)(H,17,20). The van der Waals surface area contributed by atoms with E-state index in [0.717, 1.165) is 21.5 Å². The molecule has 1 amide bonds. The number of nitrogen functional groups attached to an aromatic ring is 1. The van der Waals surface area contributed by atoms with E-state index in [1.54, 1.807) is 11.6 Å². The summed E-state index contributed by atoms with van der Waals surface area (Å²) in [5, 5.41) is 3.70. The van der Waals surface area contributed by atoms with Crippen molar-refractivity contribution < 1.29 is 4.79 Å². The highest BCUT2D eigenvalue weighted by Gasteiger charge is 2.11. The summed E-state index contributed by atoms with van der Waals surface area (Å²) in [4.78, 5) is 21.7. The molecule has 0 atom stereocenters. The third kappa shape index (κ3) is 2.71. The molecule has 0 spiro atoms. The molecule has 0 unspecified atom stereocenters. The number of carbonyl (C=O) groups is 1. The van der Waals surface area contributed by atoms with Gasteiger partial charge in [0, 0.05) is 16.0 Å². The van der Waals surface area contributed by atoms with Crippen LogP contribution in [0.2, 0.25) is 0 Å². The Morgan fingerprint density at radius 3 is 2.95 bits per heavy atom. The minimum absolute atomic E-state index is 0.236. The van der Waals surface area contributed by atoms with E-state index in [1.165, 1.54) is 11.3 Å². The van der Waals surface area contributed by atoms with E-state index in [9.17, 15) is 4.79 Å². The molecular formula is C15H14N4OS. The average Bonchev–Trinajstić information content (AvgIpc) is 2.90. The first kappa shape index (κ1) is 13.5. The zero-order valence-corrected chi connectivity index (χ0v) is 12.3. The summed E-state index contributed by atoms with van der Waals surface area (Å²) in [7, 11) is 0. The van der Waals surface area contributed by atoms with Crippen LogP contribution in [0.25, 0.3) is 10.9 Å². The highest BCUT2D eigenvalue weighted by Crippen LogP contribution is 2.20. The fourth-order valence-electron chi connectivity index (χ4n) is 2.07. The molecular weight excluding hydrogens is 284 g/mol. The fourth-order valence-corrected chi connectivity index (χ4v) is 2.78. The molecule has 1 aromatic carbocycles. The predicted octanol–water partition coefficient (Wildman–Crippen LogP) is 2.51. The molecule has 106 valence electrons. The van der Waals surface area contributed by atoms with Crippen molar-refractivity contribution in [2.75, 3.05) is 5.73 Å². The number of pyridine rings is 1. The number of hydrogen-bond acceptors (Lipinski definition) is 5. The normalized spacial score (nSPS) is 10.7. The molecule has 6 heteroatoms. The molecule has 3 rings (SSSR count). The van der Waals surface area contributed by atoms with Gasteiger partial charge in [0.05, 0.1) is 23.3 Å². The van der Waals surface area contributed by atoms with Gasteiger partial charge in [-0.25, -0.2) is 9.97 Å². The number of thiazole rings is 1. The van der Waals surface area contributed by atoms with Crippen molar-refractivity contribution in [2.45, 2.75) is 13.5 Å². The lowest BCUT2D eigenvalue weighted by atomic mass is 10.1. The maximum atomic E-state index is 12.2. The maximum absolute atomic E-state index is 12.2. The number of fused-ring (bicyclic) bond motifs is 1. The van der Waals surface area contributed by atoms with Crippen molar-refractivity contribution in [3.63, 3.8) is 0 Å². The second-order valence-corrected chi connectivity index (χ2v) is 5.60. The number of nitrogens with zero attached hydrogens (tertiary/aromatic N) is 2. The van der Waals surface area contributed by atoms with Gasteiger partial charge in [0.15, 0.2) is 0 Å². The van der Waals surface area contributed by atoms with Crippen molar-refractivity contribution in [2.24, 2.45) is 0 Å². The van der Waals surface area contributed by atoms with E-state index in [2.05, 4.69) is 15.3 Å². The van der Waals surface area contributed by atoms with Crippen LogP contribution in [0.3, 0.4) is 0 Å². The topological polar surface area (TPSA) is 80.9 Å². The Morgan fingerprint density at radius 2 is 2.19 bits per heavy atom. The van der Waals surface area contributed by atoms with Crippen LogP contribution in [0.4, 0.5) is 5.69 Å². The number of hydrogen-bond donors (Lipinski definition) is 2. The second kappa shape index (κ2) is 5.49. The van der Waals surface area contributed by atoms with E-state index >= 15 is 0 Å². The van der Waals surface area contributed by atoms with E-state index in [1.807, 2.05) is 31.2 Å². The van der Waals surface area contributed by atoms with Gasteiger partial charge in [-0.05, 0) is 19.1 Å². The highest BCUT2D eigenvalue weighted by molar-refractivity contribution is 7.09. The van der Waals surface area contributed by atoms with Crippen LogP contribution in [-0.4, -0.2) is 15.9 Å². The van der Waals surface area contributed by atoms with Gasteiger partial charge in [-0.3, -0.25) is 4.79 Å². The number of nitrogens with one attached hydrogen (secondary N) is 1. The average molecular weight is 298 g/mol. The highest BCUT2D eigenvalue weighted by atomic mass is 32.1. The molecule has 2 heterocycles. The Kier molecular flexibility index (Phi) is 3.53. The van der Waals surface area contributed by atoms with Crippen LogP contribution < -0.4 is 11.1 Å². The number of anilines is 1. The van der Waals surface area contributed by atoms with Gasteiger partial charge in [0.25, 0.3) is 5.91 Å². The van der Waals surface area contributed by atoms with Gasteiger partial charge < -0.3 is 11.1 Å². The molecule has 3 aromatic rings. The van der Waals surface area contributed by atoms with Crippen molar-refractivity contribution in [1.82, 2.24) is 15.3 Å². The lowest BCUT2D eigenvalue weighted by Gasteiger charge is -2.07. The minimum Gasteiger partial charge on any atom is -0.398 e. The van der Waals surface area contributed by atoms with Crippen LogP contribution in [-0.2, 0) is 6.54 Å². The van der Waals surface area contributed by atoms with Gasteiger partial charge in [0.2, 0.25) is 0 Å². The number of aromatic nitrogens is 2. The third-order valence-electron chi connectivity index (χ3n) is 3.24. The number of para-hydroxylation sites is 1. The monoisotopic (exact) mass is 298 g/mol. The van der Waals surface area contributed by atoms with Crippen LogP contribution in [0.1, 0.15) is 21.1 Å². The van der Waals surface area contributed by atoms with Crippen LogP contribution in [0, 0.1) is 6.92 Å². The summed E-state index contributed by atoms with van der Waals surface area (Å²) in [6, 6.07) is 9.11. The molecule has 0 saturated heterocycles. The lowest BCUT2D eigenvalue weighted by Crippen LogP contribution is -2.24. The molecule has 2 aromatic heterocycles. The summed E-state index contributed by atoms with van der Waals surface area (Å²) >= 11 is 1.52. The SMILES string of the molecule is Cc1ncsc1CNC(=O)c1cc(N)c2ccccc2n1. The van der Waals surface area contributed by atoms with Crippen molar-refractivity contribution in [1.29, 1.82) is 0 Å². The summed E-state index contributed by atoms with van der Waals surface area (Å²) in [5.74, 6) is -0.236. The number of benzene rings is 1. The summed E-state index contributed by atoms with van der Waals surface area (Å²) in [5.41, 5.74) is 10.3. The van der Waals surface area contributed by atoms with Crippen LogP contribution >= 0.6 is 11.3 Å². The zero-order chi connectivity index (χ0) is 14.8. The second-order valence-electron chi connectivity index (χ2n) is 4.66. The Morgan fingerprint density at radius 1 is 1.38 bits per heavy atom. The molecule has 21 heavy (non-hydrogen) atoms. The Balaban J connectivity index is 1.83. The number of nitrogens with two attached hydrogens (primary N) is 1. The number of aryl methyl sites for hydroxylation is 1.